The molecule has 3 N–H and O–H groups in total. The van der Waals surface area contributed by atoms with Gasteiger partial charge in [-0.05, 0) is 11.1 Å². The molecule has 8 heteroatoms. The van der Waals surface area contributed by atoms with Crippen LogP contribution in [0.15, 0.2) is 35.1 Å². The molecule has 0 saturated carbocycles. The van der Waals surface area contributed by atoms with Crippen molar-refractivity contribution < 1.29 is 14.6 Å². The molecule has 0 saturated heterocycles. The van der Waals surface area contributed by atoms with Gasteiger partial charge in [0.2, 0.25) is 0 Å². The van der Waals surface area contributed by atoms with Crippen molar-refractivity contribution in [1.82, 2.24) is 15.2 Å². The Morgan fingerprint density at radius 2 is 2.11 bits per heavy atom. The Labute approximate surface area is 169 Å². The summed E-state index contributed by atoms with van der Waals surface area (Å²) < 4.78 is 6.99. The molecule has 1 amide bonds. The number of aliphatic hydroxyl groups is 1. The van der Waals surface area contributed by atoms with Crippen LogP contribution in [0.5, 0.6) is 5.75 Å². The summed E-state index contributed by atoms with van der Waals surface area (Å²) in [7, 11) is 1.46. The Morgan fingerprint density at radius 1 is 1.32 bits per heavy atom. The van der Waals surface area contributed by atoms with Crippen molar-refractivity contribution in [3.8, 4) is 5.75 Å². The van der Waals surface area contributed by atoms with E-state index >= 15 is 0 Å². The molecule has 28 heavy (non-hydrogen) atoms. The van der Waals surface area contributed by atoms with Crippen LogP contribution in [0.3, 0.4) is 0 Å². The molecule has 0 spiro atoms. The van der Waals surface area contributed by atoms with Crippen molar-refractivity contribution in [2.24, 2.45) is 0 Å². The maximum absolute atomic E-state index is 13.2. The summed E-state index contributed by atoms with van der Waals surface area (Å²) >= 11 is 0. The molecule has 4 rings (SSSR count). The van der Waals surface area contributed by atoms with Crippen LogP contribution in [0.25, 0.3) is 0 Å². The zero-order chi connectivity index (χ0) is 19.0. The van der Waals surface area contributed by atoms with E-state index in [0.29, 0.717) is 43.7 Å². The molecule has 0 radical (unpaired) electrons. The van der Waals surface area contributed by atoms with Crippen molar-refractivity contribution in [3.05, 3.63) is 63.1 Å². The fourth-order valence-electron chi connectivity index (χ4n) is 4.07. The van der Waals surface area contributed by atoms with E-state index in [4.69, 9.17) is 4.74 Å². The number of rotatable bonds is 3. The lowest BCUT2D eigenvalue weighted by molar-refractivity contribution is 0.0853. The Balaban J connectivity index is 0.00000225. The van der Waals surface area contributed by atoms with Gasteiger partial charge < -0.3 is 25.0 Å². The largest absolute Gasteiger partial charge is 0.496 e. The van der Waals surface area contributed by atoms with Gasteiger partial charge in [-0.15, -0.1) is 12.4 Å². The first-order valence-corrected chi connectivity index (χ1v) is 9.18. The van der Waals surface area contributed by atoms with Gasteiger partial charge in [0.25, 0.3) is 11.5 Å². The third-order valence-electron chi connectivity index (χ3n) is 5.37. The third kappa shape index (κ3) is 3.53. The quantitative estimate of drug-likeness (QED) is 0.703. The summed E-state index contributed by atoms with van der Waals surface area (Å²) in [6.07, 6.45) is 0.386. The monoisotopic (exact) mass is 405 g/mol. The van der Waals surface area contributed by atoms with Gasteiger partial charge in [-0.3, -0.25) is 9.59 Å². The molecular formula is C20H24ClN3O4. The average Bonchev–Trinajstić information content (AvgIpc) is 2.84. The van der Waals surface area contributed by atoms with Crippen molar-refractivity contribution in [2.75, 3.05) is 20.2 Å². The minimum absolute atomic E-state index is 0. The zero-order valence-electron chi connectivity index (χ0n) is 15.6. The SMILES string of the molecule is COc1cc(=O)n2c(c1C(=O)N[C@H]1c3ccccc3C[C@H]1O)CCNCC2.Cl. The van der Waals surface area contributed by atoms with Crippen molar-refractivity contribution in [2.45, 2.75) is 31.5 Å². The number of methoxy groups -OCH3 is 1. The number of fused-ring (bicyclic) bond motifs is 2. The van der Waals surface area contributed by atoms with Gasteiger partial charge in [-0.25, -0.2) is 0 Å². The van der Waals surface area contributed by atoms with E-state index in [9.17, 15) is 14.7 Å². The second-order valence-corrected chi connectivity index (χ2v) is 6.95. The molecule has 7 nitrogen and oxygen atoms in total. The number of amides is 1. The Bertz CT molecular complexity index is 944. The highest BCUT2D eigenvalue weighted by Crippen LogP contribution is 2.32. The lowest BCUT2D eigenvalue weighted by Gasteiger charge is -2.21. The van der Waals surface area contributed by atoms with Crippen LogP contribution in [0.2, 0.25) is 0 Å². The number of pyridine rings is 1. The minimum Gasteiger partial charge on any atom is -0.496 e. The minimum atomic E-state index is -0.677. The molecule has 0 fully saturated rings. The smallest absolute Gasteiger partial charge is 0.257 e. The summed E-state index contributed by atoms with van der Waals surface area (Å²) in [5.74, 6) is -0.0651. The summed E-state index contributed by atoms with van der Waals surface area (Å²) in [6.45, 7) is 1.87. The highest BCUT2D eigenvalue weighted by Gasteiger charge is 2.33. The Morgan fingerprint density at radius 3 is 2.89 bits per heavy atom. The van der Waals surface area contributed by atoms with Crippen molar-refractivity contribution in [3.63, 3.8) is 0 Å². The topological polar surface area (TPSA) is 92.6 Å². The molecule has 1 aliphatic carbocycles. The van der Waals surface area contributed by atoms with Crippen LogP contribution in [0.1, 0.15) is 33.2 Å². The Hall–Kier alpha value is -2.35. The molecule has 0 bridgehead atoms. The molecule has 2 aliphatic rings. The number of aliphatic hydroxyl groups excluding tert-OH is 1. The Kier molecular flexibility index (Phi) is 6.07. The number of hydrogen-bond acceptors (Lipinski definition) is 5. The van der Waals surface area contributed by atoms with E-state index in [1.165, 1.54) is 13.2 Å². The third-order valence-corrected chi connectivity index (χ3v) is 5.37. The molecule has 0 unspecified atom stereocenters. The van der Waals surface area contributed by atoms with Gasteiger partial charge in [-0.2, -0.15) is 0 Å². The summed E-state index contributed by atoms with van der Waals surface area (Å²) in [4.78, 5) is 25.6. The normalized spacial score (nSPS) is 20.4. The molecule has 1 aromatic heterocycles. The average molecular weight is 406 g/mol. The van der Waals surface area contributed by atoms with Gasteiger partial charge in [0, 0.05) is 44.2 Å². The highest BCUT2D eigenvalue weighted by atomic mass is 35.5. The van der Waals surface area contributed by atoms with Crippen LogP contribution in [-0.4, -0.2) is 41.9 Å². The number of hydrogen-bond donors (Lipinski definition) is 3. The first kappa shape index (κ1) is 20.4. The van der Waals surface area contributed by atoms with Gasteiger partial charge >= 0.3 is 0 Å². The van der Waals surface area contributed by atoms with E-state index in [2.05, 4.69) is 10.6 Å². The molecule has 1 aromatic carbocycles. The summed E-state index contributed by atoms with van der Waals surface area (Å²) in [6, 6.07) is 8.60. The van der Waals surface area contributed by atoms with Crippen molar-refractivity contribution in [1.29, 1.82) is 0 Å². The predicted octanol–water partition coefficient (Wildman–Crippen LogP) is 0.812. The van der Waals surface area contributed by atoms with Gasteiger partial charge in [0.05, 0.1) is 19.3 Å². The fraction of sp³-hybridized carbons (Fsp3) is 0.400. The fourth-order valence-corrected chi connectivity index (χ4v) is 4.07. The first-order valence-electron chi connectivity index (χ1n) is 9.18. The van der Waals surface area contributed by atoms with E-state index in [-0.39, 0.29) is 29.6 Å². The number of benzene rings is 1. The molecule has 2 heterocycles. The van der Waals surface area contributed by atoms with E-state index < -0.39 is 12.1 Å². The predicted molar refractivity (Wildman–Crippen MR) is 107 cm³/mol. The maximum Gasteiger partial charge on any atom is 0.257 e. The van der Waals surface area contributed by atoms with Crippen LogP contribution in [0.4, 0.5) is 0 Å². The van der Waals surface area contributed by atoms with Crippen molar-refractivity contribution >= 4 is 18.3 Å². The molecule has 2 aromatic rings. The zero-order valence-corrected chi connectivity index (χ0v) is 16.4. The summed E-state index contributed by atoms with van der Waals surface area (Å²) in [5, 5.41) is 16.7. The number of ether oxygens (including phenoxy) is 1. The number of halogens is 1. The standard InChI is InChI=1S/C20H23N3O4.ClH/c1-27-16-11-17(25)23-9-8-21-7-6-14(23)18(16)20(26)22-19-13-5-3-2-4-12(13)10-15(19)24;/h2-5,11,15,19,21,24H,6-10H2,1H3,(H,22,26);1H/t15-,19+;/m1./s1. The van der Waals surface area contributed by atoms with Crippen LogP contribution in [-0.2, 0) is 19.4 Å². The number of carbonyl (C=O) groups is 1. The number of nitrogens with zero attached hydrogens (tertiary/aromatic N) is 1. The molecule has 2 atom stereocenters. The summed E-state index contributed by atoms with van der Waals surface area (Å²) in [5.41, 5.74) is 2.83. The molecular weight excluding hydrogens is 382 g/mol. The van der Waals surface area contributed by atoms with Gasteiger partial charge in [-0.1, -0.05) is 24.3 Å². The molecule has 150 valence electrons. The van der Waals surface area contributed by atoms with E-state index in [0.717, 1.165) is 11.1 Å². The lowest BCUT2D eigenvalue weighted by atomic mass is 10.0. The van der Waals surface area contributed by atoms with E-state index in [1.807, 2.05) is 24.3 Å². The maximum atomic E-state index is 13.2. The number of carbonyl (C=O) groups excluding carboxylic acids is 1. The number of aromatic nitrogens is 1. The highest BCUT2D eigenvalue weighted by molar-refractivity contribution is 5.98. The van der Waals surface area contributed by atoms with Crippen LogP contribution < -0.4 is 20.9 Å². The van der Waals surface area contributed by atoms with Gasteiger partial charge in [0.15, 0.2) is 0 Å². The van der Waals surface area contributed by atoms with Crippen LogP contribution in [0, 0.1) is 0 Å². The van der Waals surface area contributed by atoms with E-state index in [1.54, 1.807) is 4.57 Å². The first-order chi connectivity index (χ1) is 13.1. The van der Waals surface area contributed by atoms with Crippen LogP contribution >= 0.6 is 12.4 Å². The second-order valence-electron chi connectivity index (χ2n) is 6.95. The second kappa shape index (κ2) is 8.34. The lowest BCUT2D eigenvalue weighted by Crippen LogP contribution is -2.36. The molecule has 1 aliphatic heterocycles. The van der Waals surface area contributed by atoms with Gasteiger partial charge in [0.1, 0.15) is 11.3 Å². The number of nitrogens with one attached hydrogen (secondary N) is 2.